The Hall–Kier alpha value is -4.15. The number of alkyl halides is 2. The molecule has 0 saturated carbocycles. The number of aliphatic imine (C=N–C) groups is 1. The van der Waals surface area contributed by atoms with Crippen LogP contribution >= 0.6 is 0 Å². The van der Waals surface area contributed by atoms with Crippen LogP contribution in [0, 0.1) is 11.7 Å². The molecular weight excluding hydrogens is 487 g/mol. The highest BCUT2D eigenvalue weighted by molar-refractivity contribution is 5.94. The number of benzene rings is 2. The van der Waals surface area contributed by atoms with Crippen LogP contribution in [0.15, 0.2) is 74.8 Å². The Morgan fingerprint density at radius 2 is 1.62 bits per heavy atom. The van der Waals surface area contributed by atoms with Gasteiger partial charge in [-0.15, -0.1) is 0 Å². The summed E-state index contributed by atoms with van der Waals surface area (Å²) in [4.78, 5) is 34.9. The van der Waals surface area contributed by atoms with Crippen LogP contribution in [-0.2, 0) is 13.1 Å². The molecule has 1 aliphatic rings. The highest BCUT2D eigenvalue weighted by Crippen LogP contribution is 2.18. The first-order valence-corrected chi connectivity index (χ1v) is 11.6. The summed E-state index contributed by atoms with van der Waals surface area (Å²) < 4.78 is 45.0. The van der Waals surface area contributed by atoms with E-state index in [2.05, 4.69) is 20.0 Å². The summed E-state index contributed by atoms with van der Waals surface area (Å²) in [6, 6.07) is 11.3. The molecule has 2 heterocycles. The van der Waals surface area contributed by atoms with E-state index < -0.39 is 23.8 Å². The van der Waals surface area contributed by atoms with Gasteiger partial charge in [0.25, 0.3) is 0 Å². The third kappa shape index (κ3) is 6.54. The molecule has 8 nitrogen and oxygen atoms in total. The second-order valence-electron chi connectivity index (χ2n) is 8.77. The molecule has 0 fully saturated rings. The van der Waals surface area contributed by atoms with Crippen LogP contribution in [0.3, 0.4) is 0 Å². The topological polar surface area (TPSA) is 90.5 Å². The second-order valence-corrected chi connectivity index (χ2v) is 8.77. The van der Waals surface area contributed by atoms with Crippen molar-refractivity contribution in [3.63, 3.8) is 0 Å². The van der Waals surface area contributed by atoms with Crippen molar-refractivity contribution in [2.45, 2.75) is 33.5 Å². The highest BCUT2D eigenvalue weighted by atomic mass is 19.3. The number of ether oxygens (including phenoxy) is 1. The second kappa shape index (κ2) is 11.3. The largest absolute Gasteiger partial charge is 0.435 e. The molecule has 4 rings (SSSR count). The lowest BCUT2D eigenvalue weighted by Crippen LogP contribution is -2.43. The van der Waals surface area contributed by atoms with E-state index in [4.69, 9.17) is 0 Å². The summed E-state index contributed by atoms with van der Waals surface area (Å²) in [6.45, 7) is 1.86. The van der Waals surface area contributed by atoms with Gasteiger partial charge in [0, 0.05) is 24.7 Å². The summed E-state index contributed by atoms with van der Waals surface area (Å²) in [5, 5.41) is 3.12. The fourth-order valence-electron chi connectivity index (χ4n) is 4.00. The predicted molar refractivity (Wildman–Crippen MR) is 134 cm³/mol. The third-order valence-electron chi connectivity index (χ3n) is 6.04. The van der Waals surface area contributed by atoms with Crippen LogP contribution < -0.4 is 21.4 Å². The zero-order valence-electron chi connectivity index (χ0n) is 20.3. The molecule has 0 spiro atoms. The van der Waals surface area contributed by atoms with Crippen molar-refractivity contribution in [1.29, 1.82) is 0 Å². The Kier molecular flexibility index (Phi) is 7.90. The molecule has 1 aromatic heterocycles. The van der Waals surface area contributed by atoms with Crippen LogP contribution in [-0.4, -0.2) is 39.5 Å². The molecular formula is C26H26F3N5O3. The van der Waals surface area contributed by atoms with Gasteiger partial charge in [-0.1, -0.05) is 29.8 Å². The Balaban J connectivity index is 1.66. The number of rotatable bonds is 9. The third-order valence-corrected chi connectivity index (χ3v) is 6.04. The van der Waals surface area contributed by atoms with Crippen LogP contribution in [0.25, 0.3) is 0 Å². The van der Waals surface area contributed by atoms with E-state index in [0.717, 1.165) is 15.9 Å². The van der Waals surface area contributed by atoms with Crippen molar-refractivity contribution in [3.8, 4) is 5.75 Å². The molecule has 194 valence electrons. The molecule has 3 aromatic rings. The summed E-state index contributed by atoms with van der Waals surface area (Å²) in [7, 11) is 0. The van der Waals surface area contributed by atoms with Gasteiger partial charge >= 0.3 is 18.0 Å². The van der Waals surface area contributed by atoms with Gasteiger partial charge in [0.1, 0.15) is 11.6 Å². The van der Waals surface area contributed by atoms with Gasteiger partial charge < -0.3 is 10.1 Å². The molecule has 0 bridgehead atoms. The smallest absolute Gasteiger partial charge is 0.387 e. The fourth-order valence-corrected chi connectivity index (χ4v) is 4.00. The molecule has 2 aromatic carbocycles. The molecule has 37 heavy (non-hydrogen) atoms. The van der Waals surface area contributed by atoms with Crippen LogP contribution in [0.1, 0.15) is 25.0 Å². The van der Waals surface area contributed by atoms with E-state index in [1.165, 1.54) is 41.0 Å². The van der Waals surface area contributed by atoms with Gasteiger partial charge in [0.2, 0.25) is 5.95 Å². The first kappa shape index (κ1) is 25.9. The molecule has 0 aliphatic carbocycles. The van der Waals surface area contributed by atoms with Crippen molar-refractivity contribution in [3.05, 3.63) is 98.1 Å². The number of aromatic nitrogens is 3. The summed E-state index contributed by atoms with van der Waals surface area (Å²) in [6.07, 6.45) is 1.99. The number of nitrogens with zero attached hydrogens (tertiary/aromatic N) is 4. The van der Waals surface area contributed by atoms with E-state index in [0.29, 0.717) is 24.2 Å². The average Bonchev–Trinajstić information content (AvgIpc) is 2.85. The zero-order chi connectivity index (χ0) is 26.5. The van der Waals surface area contributed by atoms with Crippen molar-refractivity contribution in [2.24, 2.45) is 10.9 Å². The minimum absolute atomic E-state index is 0.0146. The van der Waals surface area contributed by atoms with Gasteiger partial charge in [-0.3, -0.25) is 9.56 Å². The quantitative estimate of drug-likeness (QED) is 0.471. The fraction of sp³-hybridized carbons (Fsp3) is 0.308. The lowest BCUT2D eigenvalue weighted by molar-refractivity contribution is -0.0498. The zero-order valence-corrected chi connectivity index (χ0v) is 20.3. The van der Waals surface area contributed by atoms with Crippen LogP contribution in [0.5, 0.6) is 5.75 Å². The molecule has 0 saturated heterocycles. The lowest BCUT2D eigenvalue weighted by atomic mass is 9.97. The normalized spacial score (nSPS) is 15.4. The van der Waals surface area contributed by atoms with Gasteiger partial charge in [-0.05, 0) is 55.3 Å². The lowest BCUT2D eigenvalue weighted by Gasteiger charge is -2.22. The number of anilines is 1. The number of hydrogen-bond acceptors (Lipinski definition) is 6. The monoisotopic (exact) mass is 513 g/mol. The minimum atomic E-state index is -2.95. The number of allylic oxidation sites excluding steroid dienone is 1. The van der Waals surface area contributed by atoms with E-state index in [1.807, 2.05) is 19.9 Å². The molecule has 1 aliphatic heterocycles. The standard InChI is InChI=1S/C26H26F3N5O3/c1-16-11-17(2)30-12-20(16)13-31-24-32-25(35)34(15-18-3-7-21(27)8-4-18)26(36)33(24)14-19-5-9-22(10-6-19)37-23(28)29/h3-11,20,23H,12-15H2,1-2H3,(H,31,32,35). The van der Waals surface area contributed by atoms with E-state index >= 15 is 0 Å². The van der Waals surface area contributed by atoms with Crippen LogP contribution in [0.2, 0.25) is 0 Å². The average molecular weight is 514 g/mol. The Bertz CT molecular complexity index is 1430. The van der Waals surface area contributed by atoms with Crippen molar-refractivity contribution in [1.82, 2.24) is 14.1 Å². The molecule has 1 N–H and O–H groups in total. The summed E-state index contributed by atoms with van der Waals surface area (Å²) in [5.41, 5.74) is 1.84. The molecule has 11 heteroatoms. The maximum Gasteiger partial charge on any atom is 0.387 e. The van der Waals surface area contributed by atoms with E-state index in [9.17, 15) is 22.8 Å². The first-order valence-electron chi connectivity index (χ1n) is 11.6. The first-order chi connectivity index (χ1) is 17.7. The summed E-state index contributed by atoms with van der Waals surface area (Å²) >= 11 is 0. The van der Waals surface area contributed by atoms with Gasteiger partial charge in [0.15, 0.2) is 0 Å². The van der Waals surface area contributed by atoms with E-state index in [-0.39, 0.29) is 30.7 Å². The number of hydrogen-bond donors (Lipinski definition) is 1. The summed E-state index contributed by atoms with van der Waals surface area (Å²) in [5.74, 6) is -0.310. The van der Waals surface area contributed by atoms with Gasteiger partial charge in [0.05, 0.1) is 13.1 Å². The molecule has 1 unspecified atom stereocenters. The Morgan fingerprint density at radius 1 is 1.00 bits per heavy atom. The van der Waals surface area contributed by atoms with Crippen LogP contribution in [0.4, 0.5) is 19.1 Å². The van der Waals surface area contributed by atoms with Crippen molar-refractivity contribution >= 4 is 11.7 Å². The SMILES string of the molecule is CC1=CC(C)=NCC1CNc1nc(=O)n(Cc2ccc(F)cc2)c(=O)n1Cc1ccc(OC(F)F)cc1. The number of dihydropyridines is 1. The maximum atomic E-state index is 13.5. The molecule has 0 radical (unpaired) electrons. The van der Waals surface area contributed by atoms with Crippen molar-refractivity contribution in [2.75, 3.05) is 18.4 Å². The Morgan fingerprint density at radius 3 is 2.24 bits per heavy atom. The van der Waals surface area contributed by atoms with Gasteiger partial charge in [-0.2, -0.15) is 13.8 Å². The predicted octanol–water partition coefficient (Wildman–Crippen LogP) is 3.69. The molecule has 1 atom stereocenters. The number of halogens is 3. The highest BCUT2D eigenvalue weighted by Gasteiger charge is 2.18. The maximum absolute atomic E-state index is 13.5. The van der Waals surface area contributed by atoms with E-state index in [1.54, 1.807) is 12.1 Å². The van der Waals surface area contributed by atoms with Crippen molar-refractivity contribution < 1.29 is 17.9 Å². The van der Waals surface area contributed by atoms with Gasteiger partial charge in [-0.25, -0.2) is 18.5 Å². The number of nitrogens with one attached hydrogen (secondary N) is 1. The minimum Gasteiger partial charge on any atom is -0.435 e. The Labute approximate surface area is 210 Å². The molecule has 0 amide bonds.